The molecule has 11 heteroatoms. The van der Waals surface area contributed by atoms with Crippen LogP contribution >= 0.6 is 12.4 Å². The number of nitriles is 1. The van der Waals surface area contributed by atoms with Crippen molar-refractivity contribution < 1.29 is 23.0 Å². The number of ether oxygens (including phenoxy) is 1. The van der Waals surface area contributed by atoms with Crippen molar-refractivity contribution in [2.45, 2.75) is 31.7 Å². The zero-order valence-electron chi connectivity index (χ0n) is 16.1. The van der Waals surface area contributed by atoms with Gasteiger partial charge in [0, 0.05) is 25.3 Å². The Balaban J connectivity index is 0.00000320. The van der Waals surface area contributed by atoms with E-state index >= 15 is 0 Å². The average molecular weight is 444 g/mol. The number of phenolic OH excluding ortho intramolecular Hbond substituents is 1. The van der Waals surface area contributed by atoms with E-state index in [4.69, 9.17) is 4.74 Å². The van der Waals surface area contributed by atoms with Crippen LogP contribution in [0.5, 0.6) is 5.75 Å². The maximum atomic E-state index is 13.1. The number of hydrogen-bond donors (Lipinski definition) is 3. The number of alkyl halides is 3. The zero-order chi connectivity index (χ0) is 21.0. The van der Waals surface area contributed by atoms with Gasteiger partial charge < -0.3 is 20.5 Å². The molecule has 0 bridgehead atoms. The molecule has 1 aromatic heterocycles. The summed E-state index contributed by atoms with van der Waals surface area (Å²) in [5.41, 5.74) is -0.581. The van der Waals surface area contributed by atoms with Gasteiger partial charge in [-0.3, -0.25) is 0 Å². The van der Waals surface area contributed by atoms with Crippen LogP contribution in [0.1, 0.15) is 29.5 Å². The summed E-state index contributed by atoms with van der Waals surface area (Å²) in [6.07, 6.45) is -2.71. The lowest BCUT2D eigenvalue weighted by atomic mass is 9.99. The van der Waals surface area contributed by atoms with Crippen molar-refractivity contribution in [3.05, 3.63) is 34.9 Å². The van der Waals surface area contributed by atoms with Crippen molar-refractivity contribution >= 4 is 18.2 Å². The summed E-state index contributed by atoms with van der Waals surface area (Å²) in [4.78, 5) is 0. The number of nitrogens with zero attached hydrogens (tertiary/aromatic N) is 3. The number of benzene rings is 1. The number of halogens is 4. The van der Waals surface area contributed by atoms with Crippen LogP contribution < -0.4 is 10.6 Å². The van der Waals surface area contributed by atoms with Crippen molar-refractivity contribution in [2.75, 3.05) is 25.5 Å². The van der Waals surface area contributed by atoms with E-state index in [1.165, 1.54) is 13.2 Å². The molecule has 0 saturated carbocycles. The summed E-state index contributed by atoms with van der Waals surface area (Å²) in [5.74, 6) is -0.313. The number of rotatable bonds is 5. The molecule has 30 heavy (non-hydrogen) atoms. The third-order valence-electron chi connectivity index (χ3n) is 4.63. The number of phenols is 1. The van der Waals surface area contributed by atoms with E-state index in [2.05, 4.69) is 20.8 Å². The number of anilines is 1. The lowest BCUT2D eigenvalue weighted by molar-refractivity contribution is -0.137. The topological polar surface area (TPSA) is 103 Å². The average Bonchev–Trinajstić information content (AvgIpc) is 2.68. The Kier molecular flexibility index (Phi) is 7.83. The Hall–Kier alpha value is -2.61. The van der Waals surface area contributed by atoms with Gasteiger partial charge in [-0.2, -0.15) is 18.4 Å². The fourth-order valence-corrected chi connectivity index (χ4v) is 3.29. The molecule has 1 fully saturated rings. The molecule has 1 atom stereocenters. The molecule has 1 saturated heterocycles. The summed E-state index contributed by atoms with van der Waals surface area (Å²) in [5, 5.41) is 34.3. The number of hydrogen-bond acceptors (Lipinski definition) is 7. The third kappa shape index (κ3) is 5.30. The summed E-state index contributed by atoms with van der Waals surface area (Å²) < 4.78 is 44.2. The molecule has 0 aliphatic carbocycles. The standard InChI is InChI=1S/C19H20F3N5O2.ClH/c1-29-10-12-5-13(19(20,21)22)7-16(28)17(12)15-6-11(8-23)18(27-26-15)25-14-3-2-4-24-9-14;/h5-7,14,24,28H,2-4,9-10H2,1H3,(H,25,27);1H/t14-;/m1./s1. The van der Waals surface area contributed by atoms with Crippen LogP contribution in [-0.4, -0.2) is 41.5 Å². The van der Waals surface area contributed by atoms with Gasteiger partial charge in [-0.05, 0) is 43.1 Å². The molecule has 0 spiro atoms. The molecule has 3 rings (SSSR count). The second-order valence-corrected chi connectivity index (χ2v) is 6.75. The van der Waals surface area contributed by atoms with Gasteiger partial charge in [-0.25, -0.2) is 0 Å². The van der Waals surface area contributed by atoms with Gasteiger partial charge in [0.25, 0.3) is 0 Å². The Morgan fingerprint density at radius 3 is 2.70 bits per heavy atom. The van der Waals surface area contributed by atoms with Crippen molar-refractivity contribution in [2.24, 2.45) is 0 Å². The Labute approximate surface area is 177 Å². The molecule has 2 heterocycles. The largest absolute Gasteiger partial charge is 0.507 e. The summed E-state index contributed by atoms with van der Waals surface area (Å²) in [7, 11) is 1.33. The van der Waals surface area contributed by atoms with Crippen LogP contribution in [0.3, 0.4) is 0 Å². The Bertz CT molecular complexity index is 928. The van der Waals surface area contributed by atoms with E-state index in [-0.39, 0.29) is 47.4 Å². The normalized spacial score (nSPS) is 16.4. The van der Waals surface area contributed by atoms with E-state index in [0.717, 1.165) is 32.0 Å². The molecule has 162 valence electrons. The number of methoxy groups -OCH3 is 1. The van der Waals surface area contributed by atoms with Crippen LogP contribution in [-0.2, 0) is 17.5 Å². The highest BCUT2D eigenvalue weighted by atomic mass is 35.5. The smallest absolute Gasteiger partial charge is 0.416 e. The van der Waals surface area contributed by atoms with Crippen LogP contribution in [0.25, 0.3) is 11.3 Å². The molecule has 1 aromatic carbocycles. The molecule has 0 amide bonds. The predicted molar refractivity (Wildman–Crippen MR) is 106 cm³/mol. The highest BCUT2D eigenvalue weighted by Gasteiger charge is 2.33. The van der Waals surface area contributed by atoms with E-state index in [0.29, 0.717) is 11.9 Å². The Morgan fingerprint density at radius 2 is 2.10 bits per heavy atom. The van der Waals surface area contributed by atoms with Crippen molar-refractivity contribution in [1.82, 2.24) is 15.5 Å². The zero-order valence-corrected chi connectivity index (χ0v) is 16.9. The first-order valence-corrected chi connectivity index (χ1v) is 9.01. The quantitative estimate of drug-likeness (QED) is 0.650. The minimum Gasteiger partial charge on any atom is -0.507 e. The molecule has 3 N–H and O–H groups in total. The SMILES string of the molecule is COCc1cc(C(F)(F)F)cc(O)c1-c1cc(C#N)c(N[C@@H]2CCCNC2)nn1.Cl. The second-order valence-electron chi connectivity index (χ2n) is 6.75. The first-order chi connectivity index (χ1) is 13.8. The van der Waals surface area contributed by atoms with Crippen LogP contribution in [0.15, 0.2) is 18.2 Å². The van der Waals surface area contributed by atoms with Crippen molar-refractivity contribution in [3.63, 3.8) is 0 Å². The van der Waals surface area contributed by atoms with Gasteiger partial charge in [-0.15, -0.1) is 22.6 Å². The van der Waals surface area contributed by atoms with E-state index in [1.807, 2.05) is 6.07 Å². The van der Waals surface area contributed by atoms with Gasteiger partial charge in [0.2, 0.25) is 0 Å². The third-order valence-corrected chi connectivity index (χ3v) is 4.63. The fourth-order valence-electron chi connectivity index (χ4n) is 3.29. The minimum atomic E-state index is -4.62. The lowest BCUT2D eigenvalue weighted by Gasteiger charge is -2.24. The fraction of sp³-hybridized carbons (Fsp3) is 0.421. The van der Waals surface area contributed by atoms with Crippen LogP contribution in [0.4, 0.5) is 19.0 Å². The number of aromatic hydroxyl groups is 1. The molecule has 7 nitrogen and oxygen atoms in total. The van der Waals surface area contributed by atoms with Crippen molar-refractivity contribution in [1.29, 1.82) is 5.26 Å². The second kappa shape index (κ2) is 9.93. The summed E-state index contributed by atoms with van der Waals surface area (Å²) in [6, 6.07) is 5.04. The van der Waals surface area contributed by atoms with Crippen molar-refractivity contribution in [3.8, 4) is 23.1 Å². The first-order valence-electron chi connectivity index (χ1n) is 9.01. The van der Waals surface area contributed by atoms with E-state index in [1.54, 1.807) is 0 Å². The highest BCUT2D eigenvalue weighted by molar-refractivity contribution is 5.85. The molecular weight excluding hydrogens is 423 g/mol. The molecule has 2 aromatic rings. The number of piperidine rings is 1. The first kappa shape index (κ1) is 23.7. The lowest BCUT2D eigenvalue weighted by Crippen LogP contribution is -2.38. The van der Waals surface area contributed by atoms with Gasteiger partial charge in [0.05, 0.1) is 23.4 Å². The van der Waals surface area contributed by atoms with Crippen LogP contribution in [0.2, 0.25) is 0 Å². The molecule has 1 aliphatic rings. The number of nitrogens with one attached hydrogen (secondary N) is 2. The van der Waals surface area contributed by atoms with Crippen LogP contribution in [0, 0.1) is 11.3 Å². The van der Waals surface area contributed by atoms with Gasteiger partial charge in [0.1, 0.15) is 11.8 Å². The monoisotopic (exact) mass is 443 g/mol. The molecule has 0 unspecified atom stereocenters. The predicted octanol–water partition coefficient (Wildman–Crippen LogP) is 3.47. The highest BCUT2D eigenvalue weighted by Crippen LogP contribution is 2.39. The maximum absolute atomic E-state index is 13.1. The minimum absolute atomic E-state index is 0. The molecule has 0 radical (unpaired) electrons. The van der Waals surface area contributed by atoms with E-state index in [9.17, 15) is 23.5 Å². The Morgan fingerprint density at radius 1 is 1.33 bits per heavy atom. The number of aromatic nitrogens is 2. The summed E-state index contributed by atoms with van der Waals surface area (Å²) in [6.45, 7) is 1.49. The van der Waals surface area contributed by atoms with Gasteiger partial charge >= 0.3 is 6.18 Å². The van der Waals surface area contributed by atoms with Gasteiger partial charge in [-0.1, -0.05) is 0 Å². The van der Waals surface area contributed by atoms with Gasteiger partial charge in [0.15, 0.2) is 5.82 Å². The van der Waals surface area contributed by atoms with E-state index < -0.39 is 17.5 Å². The molecule has 1 aliphatic heterocycles. The maximum Gasteiger partial charge on any atom is 0.416 e. The summed E-state index contributed by atoms with van der Waals surface area (Å²) >= 11 is 0. The molecular formula is C19H21ClF3N5O2.